The third-order valence-corrected chi connectivity index (χ3v) is 2.86. The van der Waals surface area contributed by atoms with Gasteiger partial charge in [0, 0.05) is 0 Å². The average Bonchev–Trinajstić information content (AvgIpc) is 2.16. The highest BCUT2D eigenvalue weighted by atomic mass is 19.3. The molecule has 0 radical (unpaired) electrons. The molecule has 0 bridgehead atoms. The molecule has 2 nitrogen and oxygen atoms in total. The molecule has 0 unspecified atom stereocenters. The Hall–Kier alpha value is -0.360. The van der Waals surface area contributed by atoms with Crippen LogP contribution in [0.4, 0.5) is 17.6 Å². The van der Waals surface area contributed by atoms with Crippen LogP contribution in [0, 0.1) is 0 Å². The van der Waals surface area contributed by atoms with Crippen LogP contribution in [0.1, 0.15) is 6.42 Å². The number of halogens is 4. The van der Waals surface area contributed by atoms with Gasteiger partial charge in [-0.1, -0.05) is 0 Å². The lowest BCUT2D eigenvalue weighted by molar-refractivity contribution is -0.917. The second-order valence-electron chi connectivity index (χ2n) is 4.21. The van der Waals surface area contributed by atoms with Gasteiger partial charge >= 0.3 is 12.3 Å². The Kier molecular flexibility index (Phi) is 3.94. The van der Waals surface area contributed by atoms with Crippen molar-refractivity contribution in [3.63, 3.8) is 0 Å². The monoisotopic (exact) mass is 230 g/mol. The summed E-state index contributed by atoms with van der Waals surface area (Å²) in [5.41, 5.74) is 0. The van der Waals surface area contributed by atoms with Crippen molar-refractivity contribution < 1.29 is 26.8 Å². The molecule has 1 heterocycles. The summed E-state index contributed by atoms with van der Waals surface area (Å²) in [5.74, 6) is -3.86. The molecule has 6 heteroatoms. The summed E-state index contributed by atoms with van der Waals surface area (Å²) in [4.78, 5) is 0. The molecule has 0 aromatic carbocycles. The fraction of sp³-hybridized carbons (Fsp3) is 1.00. The Morgan fingerprint density at radius 3 is 2.27 bits per heavy atom. The minimum atomic E-state index is -3.86. The lowest BCUT2D eigenvalue weighted by Gasteiger charge is -2.38. The molecular formula is C9H16F4NO+. The Balaban J connectivity index is 2.41. The summed E-state index contributed by atoms with van der Waals surface area (Å²) < 4.78 is 54.7. The van der Waals surface area contributed by atoms with E-state index in [2.05, 4.69) is 0 Å². The molecule has 0 spiro atoms. The van der Waals surface area contributed by atoms with Crippen molar-refractivity contribution in [2.75, 3.05) is 39.9 Å². The summed E-state index contributed by atoms with van der Waals surface area (Å²) in [6, 6.07) is 0. The molecular weight excluding hydrogens is 214 g/mol. The van der Waals surface area contributed by atoms with Gasteiger partial charge < -0.3 is 9.22 Å². The van der Waals surface area contributed by atoms with Crippen molar-refractivity contribution in [3.8, 4) is 0 Å². The van der Waals surface area contributed by atoms with Gasteiger partial charge in [0.25, 0.3) is 0 Å². The van der Waals surface area contributed by atoms with Gasteiger partial charge in [-0.2, -0.15) is 0 Å². The minimum absolute atomic E-state index is 0.0701. The van der Waals surface area contributed by atoms with Crippen LogP contribution < -0.4 is 0 Å². The second-order valence-corrected chi connectivity index (χ2v) is 4.21. The van der Waals surface area contributed by atoms with Crippen LogP contribution in [-0.4, -0.2) is 56.7 Å². The molecule has 1 aliphatic heterocycles. The van der Waals surface area contributed by atoms with Crippen LogP contribution in [0.25, 0.3) is 0 Å². The van der Waals surface area contributed by atoms with E-state index in [1.54, 1.807) is 7.05 Å². The fourth-order valence-electron chi connectivity index (χ4n) is 1.54. The second kappa shape index (κ2) is 4.65. The standard InChI is InChI=1S/C9H16F4NO/c1-14(4-6-15-7-5-14)3-2-9(12,13)8(10)11/h8H,2-7H2,1H3/q+1. The van der Waals surface area contributed by atoms with E-state index in [0.29, 0.717) is 30.8 Å². The number of quaternary nitrogens is 1. The average molecular weight is 230 g/mol. The van der Waals surface area contributed by atoms with Gasteiger partial charge in [0.05, 0.1) is 33.2 Å². The predicted octanol–water partition coefficient (Wildman–Crippen LogP) is 1.75. The van der Waals surface area contributed by atoms with Gasteiger partial charge in [0.2, 0.25) is 0 Å². The number of likely N-dealkylation sites (N-methyl/N-ethyl adjacent to an activating group) is 1. The molecule has 0 atom stereocenters. The number of rotatable bonds is 4. The third kappa shape index (κ3) is 3.61. The van der Waals surface area contributed by atoms with Gasteiger partial charge in [-0.25, -0.2) is 17.6 Å². The van der Waals surface area contributed by atoms with E-state index in [0.717, 1.165) is 0 Å². The summed E-state index contributed by atoms with van der Waals surface area (Å²) in [6.45, 7) is 2.31. The summed E-state index contributed by atoms with van der Waals surface area (Å²) >= 11 is 0. The maximum absolute atomic E-state index is 12.7. The first-order valence-corrected chi connectivity index (χ1v) is 4.93. The first-order chi connectivity index (χ1) is 6.86. The largest absolute Gasteiger partial charge is 0.370 e. The van der Waals surface area contributed by atoms with Crippen LogP contribution in [0.5, 0.6) is 0 Å². The molecule has 15 heavy (non-hydrogen) atoms. The van der Waals surface area contributed by atoms with Crippen LogP contribution in [-0.2, 0) is 4.74 Å². The van der Waals surface area contributed by atoms with Crippen LogP contribution in [0.3, 0.4) is 0 Å². The van der Waals surface area contributed by atoms with Crippen LogP contribution in [0.2, 0.25) is 0 Å². The molecule has 0 amide bonds. The Morgan fingerprint density at radius 2 is 1.80 bits per heavy atom. The zero-order valence-corrected chi connectivity index (χ0v) is 8.69. The molecule has 90 valence electrons. The molecule has 0 saturated carbocycles. The predicted molar refractivity (Wildman–Crippen MR) is 47.2 cm³/mol. The van der Waals surface area contributed by atoms with E-state index < -0.39 is 18.8 Å². The molecule has 1 aliphatic rings. The third-order valence-electron chi connectivity index (χ3n) is 2.86. The highest BCUT2D eigenvalue weighted by Gasteiger charge is 2.42. The van der Waals surface area contributed by atoms with E-state index in [4.69, 9.17) is 4.74 Å². The van der Waals surface area contributed by atoms with Crippen molar-refractivity contribution in [2.45, 2.75) is 18.8 Å². The highest BCUT2D eigenvalue weighted by molar-refractivity contribution is 4.68. The molecule has 1 saturated heterocycles. The summed E-state index contributed by atoms with van der Waals surface area (Å²) in [5, 5.41) is 0. The van der Waals surface area contributed by atoms with Gasteiger partial charge in [0.1, 0.15) is 13.1 Å². The van der Waals surface area contributed by atoms with E-state index in [-0.39, 0.29) is 6.54 Å². The summed E-state index contributed by atoms with van der Waals surface area (Å²) in [7, 11) is 1.80. The molecule has 0 aromatic rings. The maximum atomic E-state index is 12.7. The molecule has 0 aromatic heterocycles. The Labute approximate surface area is 86.4 Å². The lowest BCUT2D eigenvalue weighted by atomic mass is 10.2. The topological polar surface area (TPSA) is 9.23 Å². The van der Waals surface area contributed by atoms with Gasteiger partial charge in [-0.3, -0.25) is 0 Å². The van der Waals surface area contributed by atoms with Crippen molar-refractivity contribution in [1.82, 2.24) is 0 Å². The number of ether oxygens (including phenoxy) is 1. The van der Waals surface area contributed by atoms with Gasteiger partial charge in [0.15, 0.2) is 0 Å². The number of alkyl halides is 4. The zero-order valence-electron chi connectivity index (χ0n) is 8.69. The normalized spacial score (nSPS) is 22.0. The number of hydrogen-bond donors (Lipinski definition) is 0. The fourth-order valence-corrected chi connectivity index (χ4v) is 1.54. The smallest absolute Gasteiger partial charge is 0.312 e. The first kappa shape index (κ1) is 12.7. The van der Waals surface area contributed by atoms with E-state index in [9.17, 15) is 17.6 Å². The molecule has 0 N–H and O–H groups in total. The van der Waals surface area contributed by atoms with Gasteiger partial charge in [-0.15, -0.1) is 0 Å². The van der Waals surface area contributed by atoms with Crippen LogP contribution in [0.15, 0.2) is 0 Å². The van der Waals surface area contributed by atoms with E-state index in [1.165, 1.54) is 0 Å². The Morgan fingerprint density at radius 1 is 1.27 bits per heavy atom. The van der Waals surface area contributed by atoms with Crippen molar-refractivity contribution in [3.05, 3.63) is 0 Å². The number of nitrogens with zero attached hydrogens (tertiary/aromatic N) is 1. The number of hydrogen-bond acceptors (Lipinski definition) is 1. The minimum Gasteiger partial charge on any atom is -0.370 e. The molecule has 1 rings (SSSR count). The summed E-state index contributed by atoms with van der Waals surface area (Å²) in [6.07, 6.45) is -4.33. The maximum Gasteiger partial charge on any atom is 0.312 e. The molecule has 0 aliphatic carbocycles. The van der Waals surface area contributed by atoms with Crippen LogP contribution >= 0.6 is 0 Å². The highest BCUT2D eigenvalue weighted by Crippen LogP contribution is 2.28. The first-order valence-electron chi connectivity index (χ1n) is 4.93. The van der Waals surface area contributed by atoms with Crippen molar-refractivity contribution >= 4 is 0 Å². The van der Waals surface area contributed by atoms with E-state index in [1.807, 2.05) is 0 Å². The van der Waals surface area contributed by atoms with E-state index >= 15 is 0 Å². The zero-order chi connectivity index (χ0) is 11.5. The number of morpholine rings is 1. The van der Waals surface area contributed by atoms with Crippen molar-refractivity contribution in [1.29, 1.82) is 0 Å². The SMILES string of the molecule is C[N+]1(CCC(F)(F)C(F)F)CCOCC1. The molecule has 1 fully saturated rings. The quantitative estimate of drug-likeness (QED) is 0.528. The van der Waals surface area contributed by atoms with Crippen molar-refractivity contribution in [2.24, 2.45) is 0 Å². The van der Waals surface area contributed by atoms with Gasteiger partial charge in [-0.05, 0) is 0 Å². The Bertz CT molecular complexity index is 204. The lowest BCUT2D eigenvalue weighted by Crippen LogP contribution is -2.53.